The van der Waals surface area contributed by atoms with Crippen LogP contribution in [0.2, 0.25) is 0 Å². The molecule has 0 radical (unpaired) electrons. The Morgan fingerprint density at radius 1 is 0.842 bits per heavy atom. The van der Waals surface area contributed by atoms with Gasteiger partial charge in [0.15, 0.2) is 0 Å². The molecule has 214 valence electrons. The quantitative estimate of drug-likeness (QED) is 0.234. The molecule has 2 aliphatic carbocycles. The minimum atomic E-state index is -4.99. The van der Waals surface area contributed by atoms with E-state index >= 15 is 0 Å². The first-order chi connectivity index (χ1) is 18.1. The van der Waals surface area contributed by atoms with Gasteiger partial charge >= 0.3 is 6.18 Å². The minimum Gasteiger partial charge on any atom is -0.378 e. The Labute approximate surface area is 223 Å². The Morgan fingerprint density at radius 3 is 2.00 bits per heavy atom. The van der Waals surface area contributed by atoms with E-state index in [0.29, 0.717) is 17.4 Å². The molecule has 2 saturated carbocycles. The molecule has 1 saturated heterocycles. The van der Waals surface area contributed by atoms with E-state index < -0.39 is 35.3 Å². The maximum Gasteiger partial charge on any atom is 0.412 e. The molecule has 0 amide bonds. The molecular formula is C31H42F6O. The molecule has 4 rings (SSSR count). The van der Waals surface area contributed by atoms with Crippen LogP contribution in [0.4, 0.5) is 26.3 Å². The lowest BCUT2D eigenvalue weighted by Gasteiger charge is -2.41. The van der Waals surface area contributed by atoms with Crippen molar-refractivity contribution in [3.05, 3.63) is 41.0 Å². The van der Waals surface area contributed by atoms with E-state index in [9.17, 15) is 26.3 Å². The van der Waals surface area contributed by atoms with Crippen LogP contribution in [0.15, 0.2) is 18.2 Å². The molecule has 1 nitrogen and oxygen atoms in total. The van der Waals surface area contributed by atoms with Gasteiger partial charge in [0.1, 0.15) is 17.5 Å². The zero-order valence-corrected chi connectivity index (χ0v) is 22.5. The van der Waals surface area contributed by atoms with Crippen molar-refractivity contribution >= 4 is 5.83 Å². The Morgan fingerprint density at radius 2 is 1.45 bits per heavy atom. The molecular weight excluding hydrogens is 502 g/mol. The zero-order valence-electron chi connectivity index (χ0n) is 22.5. The number of allylic oxidation sites excluding steroid dienone is 1. The molecule has 3 aliphatic rings. The predicted octanol–water partition coefficient (Wildman–Crippen LogP) is 10.3. The van der Waals surface area contributed by atoms with E-state index in [-0.39, 0.29) is 12.0 Å². The van der Waals surface area contributed by atoms with Crippen molar-refractivity contribution < 1.29 is 31.1 Å². The molecule has 1 aromatic rings. The molecule has 0 aromatic heterocycles. The second kappa shape index (κ2) is 13.2. The molecule has 0 bridgehead atoms. The van der Waals surface area contributed by atoms with Crippen molar-refractivity contribution in [1.82, 2.24) is 0 Å². The van der Waals surface area contributed by atoms with Crippen LogP contribution in [0.1, 0.15) is 114 Å². The lowest BCUT2D eigenvalue weighted by Crippen LogP contribution is -2.37. The second-order valence-electron chi connectivity index (χ2n) is 12.0. The summed E-state index contributed by atoms with van der Waals surface area (Å²) in [4.78, 5) is 0. The first-order valence-electron chi connectivity index (χ1n) is 14.7. The van der Waals surface area contributed by atoms with E-state index in [2.05, 4.69) is 6.92 Å². The van der Waals surface area contributed by atoms with Gasteiger partial charge in [0.25, 0.3) is 0 Å². The SMILES string of the molecule is CCCCCC1CCC(C2CCC(C3CCC(c4cc(F)c(C(F)=CC(F)(F)F)c(F)c4)CC3)OC2)CC1. The van der Waals surface area contributed by atoms with E-state index in [1.807, 2.05) is 0 Å². The number of hydrogen-bond donors (Lipinski definition) is 0. The van der Waals surface area contributed by atoms with Crippen molar-refractivity contribution in [2.75, 3.05) is 6.61 Å². The third-order valence-electron chi connectivity index (χ3n) is 9.48. The summed E-state index contributed by atoms with van der Waals surface area (Å²) >= 11 is 0. The van der Waals surface area contributed by atoms with Crippen molar-refractivity contribution in [2.45, 2.75) is 115 Å². The molecule has 7 heteroatoms. The van der Waals surface area contributed by atoms with Gasteiger partial charge < -0.3 is 4.74 Å². The highest BCUT2D eigenvalue weighted by molar-refractivity contribution is 5.61. The topological polar surface area (TPSA) is 9.23 Å². The van der Waals surface area contributed by atoms with E-state index in [1.165, 1.54) is 57.8 Å². The number of benzene rings is 1. The highest BCUT2D eigenvalue weighted by atomic mass is 19.4. The van der Waals surface area contributed by atoms with Crippen LogP contribution in [0.25, 0.3) is 5.83 Å². The number of ether oxygens (including phenoxy) is 1. The fourth-order valence-electron chi connectivity index (χ4n) is 7.26. The average molecular weight is 545 g/mol. The van der Waals surface area contributed by atoms with Crippen LogP contribution >= 0.6 is 0 Å². The van der Waals surface area contributed by atoms with Crippen LogP contribution in [0, 0.1) is 35.3 Å². The van der Waals surface area contributed by atoms with Gasteiger partial charge in [0, 0.05) is 0 Å². The second-order valence-corrected chi connectivity index (χ2v) is 12.0. The summed E-state index contributed by atoms with van der Waals surface area (Å²) in [5.41, 5.74) is -0.869. The van der Waals surface area contributed by atoms with Crippen molar-refractivity contribution in [2.24, 2.45) is 23.7 Å². The van der Waals surface area contributed by atoms with E-state index in [1.54, 1.807) is 0 Å². The fraction of sp³-hybridized carbons (Fsp3) is 0.742. The van der Waals surface area contributed by atoms with Gasteiger partial charge in [-0.1, -0.05) is 45.4 Å². The largest absolute Gasteiger partial charge is 0.412 e. The summed E-state index contributed by atoms with van der Waals surface area (Å²) in [7, 11) is 0. The normalized spacial score (nSPS) is 31.4. The highest BCUT2D eigenvalue weighted by Gasteiger charge is 2.36. The van der Waals surface area contributed by atoms with Crippen LogP contribution in [-0.4, -0.2) is 18.9 Å². The van der Waals surface area contributed by atoms with Crippen LogP contribution in [0.3, 0.4) is 0 Å². The smallest absolute Gasteiger partial charge is 0.378 e. The Kier molecular flexibility index (Phi) is 10.3. The van der Waals surface area contributed by atoms with E-state index in [0.717, 1.165) is 62.7 Å². The molecule has 1 aromatic carbocycles. The third-order valence-corrected chi connectivity index (χ3v) is 9.48. The lowest BCUT2D eigenvalue weighted by molar-refractivity contribution is -0.0798. The summed E-state index contributed by atoms with van der Waals surface area (Å²) < 4.78 is 86.4. The van der Waals surface area contributed by atoms with E-state index in [4.69, 9.17) is 4.74 Å². The summed E-state index contributed by atoms with van der Waals surface area (Å²) in [5, 5.41) is 0. The molecule has 2 unspecified atom stereocenters. The molecule has 1 heterocycles. The zero-order chi connectivity index (χ0) is 27.3. The molecule has 0 N–H and O–H groups in total. The predicted molar refractivity (Wildman–Crippen MR) is 138 cm³/mol. The molecule has 1 aliphatic heterocycles. The standard InChI is InChI=1S/C31H42F6O/c1-2-3-4-5-20-6-8-21(9-7-20)24-14-15-29(38-19-24)23-12-10-22(11-13-23)25-16-26(32)30(27(33)17-25)28(34)18-31(35,36)37/h16-18,20-24,29H,2-15,19H2,1H3. The monoisotopic (exact) mass is 544 g/mol. The van der Waals surface area contributed by atoms with Gasteiger partial charge in [-0.15, -0.1) is 0 Å². The number of unbranched alkanes of at least 4 members (excludes halogenated alkanes) is 2. The average Bonchev–Trinajstić information content (AvgIpc) is 2.88. The van der Waals surface area contributed by atoms with Crippen LogP contribution < -0.4 is 0 Å². The number of rotatable bonds is 8. The lowest BCUT2D eigenvalue weighted by atomic mass is 9.71. The Bertz CT molecular complexity index is 894. The van der Waals surface area contributed by atoms with Crippen molar-refractivity contribution in [1.29, 1.82) is 0 Å². The fourth-order valence-corrected chi connectivity index (χ4v) is 7.26. The summed E-state index contributed by atoms with van der Waals surface area (Å²) in [5.74, 6) is -1.85. The van der Waals surface area contributed by atoms with Gasteiger partial charge in [-0.2, -0.15) is 13.2 Å². The van der Waals surface area contributed by atoms with Crippen molar-refractivity contribution in [3.63, 3.8) is 0 Å². The van der Waals surface area contributed by atoms with Gasteiger partial charge in [-0.05, 0) is 98.7 Å². The number of alkyl halides is 3. The van der Waals surface area contributed by atoms with Gasteiger partial charge in [-0.3, -0.25) is 0 Å². The van der Waals surface area contributed by atoms with Gasteiger partial charge in [0.05, 0.1) is 24.4 Å². The van der Waals surface area contributed by atoms with Crippen LogP contribution in [-0.2, 0) is 4.74 Å². The maximum atomic E-state index is 14.4. The number of hydrogen-bond acceptors (Lipinski definition) is 1. The number of halogens is 6. The molecule has 38 heavy (non-hydrogen) atoms. The highest BCUT2D eigenvalue weighted by Crippen LogP contribution is 2.44. The summed E-state index contributed by atoms with van der Waals surface area (Å²) in [6, 6.07) is 1.99. The third kappa shape index (κ3) is 7.79. The Balaban J connectivity index is 1.23. The minimum absolute atomic E-state index is 0.0946. The molecule has 3 fully saturated rings. The van der Waals surface area contributed by atoms with Crippen molar-refractivity contribution in [3.8, 4) is 0 Å². The Hall–Kier alpha value is -1.50. The molecule has 2 atom stereocenters. The molecule has 0 spiro atoms. The van der Waals surface area contributed by atoms with Gasteiger partial charge in [0.2, 0.25) is 0 Å². The summed E-state index contributed by atoms with van der Waals surface area (Å²) in [6.45, 7) is 3.10. The van der Waals surface area contributed by atoms with Gasteiger partial charge in [-0.25, -0.2) is 13.2 Å². The summed E-state index contributed by atoms with van der Waals surface area (Å²) in [6.07, 6.45) is 10.8. The first-order valence-corrected chi connectivity index (χ1v) is 14.7. The maximum absolute atomic E-state index is 14.4. The van der Waals surface area contributed by atoms with Crippen LogP contribution in [0.5, 0.6) is 0 Å². The first kappa shape index (κ1) is 29.5.